The summed E-state index contributed by atoms with van der Waals surface area (Å²) in [6.07, 6.45) is 1.11. The van der Waals surface area contributed by atoms with Gasteiger partial charge in [0.15, 0.2) is 5.82 Å². The first-order valence-corrected chi connectivity index (χ1v) is 10.3. The second-order valence-corrected chi connectivity index (χ2v) is 8.56. The number of nitrogens with one attached hydrogen (secondary N) is 1. The van der Waals surface area contributed by atoms with Crippen LogP contribution < -0.4 is 10.9 Å². The summed E-state index contributed by atoms with van der Waals surface area (Å²) in [5.74, 6) is 1.85. The average molecular weight is 379 g/mol. The van der Waals surface area contributed by atoms with Crippen molar-refractivity contribution in [3.63, 3.8) is 0 Å². The van der Waals surface area contributed by atoms with Crippen molar-refractivity contribution in [2.24, 2.45) is 11.8 Å². The third kappa shape index (κ3) is 4.68. The van der Waals surface area contributed by atoms with Crippen LogP contribution in [0.2, 0.25) is 0 Å². The van der Waals surface area contributed by atoms with E-state index in [9.17, 15) is 4.79 Å². The smallest absolute Gasteiger partial charge is 0.258 e. The molecule has 0 fully saturated rings. The monoisotopic (exact) mass is 378 g/mol. The molecule has 4 heteroatoms. The number of H-pyrrole nitrogens is 1. The zero-order valence-electron chi connectivity index (χ0n) is 17.6. The number of aromatic amines is 1. The Balaban J connectivity index is 1.83. The minimum absolute atomic E-state index is 0.0556. The van der Waals surface area contributed by atoms with Crippen molar-refractivity contribution in [3.8, 4) is 0 Å². The van der Waals surface area contributed by atoms with Crippen LogP contribution in [-0.2, 0) is 6.42 Å². The number of para-hydroxylation sites is 1. The van der Waals surface area contributed by atoms with E-state index in [-0.39, 0.29) is 11.6 Å². The molecule has 1 aromatic heterocycles. The first-order valence-electron chi connectivity index (χ1n) is 10.3. The Labute approximate surface area is 167 Å². The average Bonchev–Trinajstić information content (AvgIpc) is 2.66. The first-order chi connectivity index (χ1) is 13.3. The molecule has 28 heavy (non-hydrogen) atoms. The normalized spacial score (nSPS) is 14.0. The van der Waals surface area contributed by atoms with Gasteiger partial charge in [-0.3, -0.25) is 4.79 Å². The molecule has 148 valence electrons. The number of nitrogens with zero attached hydrogens (tertiary/aromatic N) is 1. The molecule has 0 aliphatic carbocycles. The Bertz CT molecular complexity index is 973. The lowest BCUT2D eigenvalue weighted by atomic mass is 9.93. The van der Waals surface area contributed by atoms with Crippen molar-refractivity contribution in [1.29, 1.82) is 0 Å². The van der Waals surface area contributed by atoms with E-state index in [4.69, 9.17) is 4.98 Å². The summed E-state index contributed by atoms with van der Waals surface area (Å²) in [4.78, 5) is 20.1. The fourth-order valence-corrected chi connectivity index (χ4v) is 3.79. The Hall–Kier alpha value is -2.46. The lowest BCUT2D eigenvalue weighted by molar-refractivity contribution is -0.738. The van der Waals surface area contributed by atoms with Crippen molar-refractivity contribution in [1.82, 2.24) is 9.97 Å². The molecule has 0 saturated heterocycles. The van der Waals surface area contributed by atoms with E-state index in [1.54, 1.807) is 0 Å². The number of fused-ring (bicyclic) bond motifs is 1. The molecule has 0 unspecified atom stereocenters. The third-order valence-electron chi connectivity index (χ3n) is 5.29. The second-order valence-electron chi connectivity index (χ2n) is 8.56. The Morgan fingerprint density at radius 2 is 1.64 bits per heavy atom. The van der Waals surface area contributed by atoms with Crippen molar-refractivity contribution in [2.45, 2.75) is 53.1 Å². The van der Waals surface area contributed by atoms with Gasteiger partial charge in [0.2, 0.25) is 0 Å². The minimum Gasteiger partial charge on any atom is -0.331 e. The van der Waals surface area contributed by atoms with Crippen molar-refractivity contribution in [3.05, 3.63) is 75.8 Å². The van der Waals surface area contributed by atoms with Gasteiger partial charge in [-0.05, 0) is 37.0 Å². The van der Waals surface area contributed by atoms with Crippen LogP contribution in [0.5, 0.6) is 0 Å². The van der Waals surface area contributed by atoms with Gasteiger partial charge in [0, 0.05) is 11.5 Å². The summed E-state index contributed by atoms with van der Waals surface area (Å²) in [5.41, 5.74) is 3.38. The molecule has 0 radical (unpaired) electrons. The molecule has 3 N–H and O–H groups in total. The highest BCUT2D eigenvalue weighted by Gasteiger charge is 2.24. The van der Waals surface area contributed by atoms with E-state index in [1.807, 2.05) is 24.3 Å². The number of rotatable bonds is 7. The molecule has 0 saturated carbocycles. The molecule has 0 aliphatic heterocycles. The number of hydrogen-bond donors (Lipinski definition) is 2. The summed E-state index contributed by atoms with van der Waals surface area (Å²) in [6, 6.07) is 16.9. The SMILES string of the molecule is CC(C)Cc1ccc([C@H]([NH2+][C@H](C)c2nc3ccccc3c(=O)[nH]2)C(C)C)cc1. The topological polar surface area (TPSA) is 62.4 Å². The predicted molar refractivity (Wildman–Crippen MR) is 115 cm³/mol. The number of nitrogens with two attached hydrogens (primary N) is 1. The molecule has 4 nitrogen and oxygen atoms in total. The van der Waals surface area contributed by atoms with Crippen LogP contribution in [0.25, 0.3) is 10.9 Å². The van der Waals surface area contributed by atoms with E-state index < -0.39 is 0 Å². The fraction of sp³-hybridized carbons (Fsp3) is 0.417. The van der Waals surface area contributed by atoms with Crippen LogP contribution in [0, 0.1) is 11.8 Å². The lowest BCUT2D eigenvalue weighted by Gasteiger charge is -2.23. The second kappa shape index (κ2) is 8.70. The van der Waals surface area contributed by atoms with Crippen molar-refractivity contribution in [2.75, 3.05) is 0 Å². The molecule has 3 aromatic rings. The zero-order valence-corrected chi connectivity index (χ0v) is 17.6. The number of benzene rings is 2. The van der Waals surface area contributed by atoms with E-state index in [0.717, 1.165) is 17.8 Å². The highest BCUT2D eigenvalue weighted by molar-refractivity contribution is 5.77. The fourth-order valence-electron chi connectivity index (χ4n) is 3.79. The third-order valence-corrected chi connectivity index (χ3v) is 5.29. The Kier molecular flexibility index (Phi) is 6.30. The molecule has 0 aliphatic rings. The zero-order chi connectivity index (χ0) is 20.3. The maximum absolute atomic E-state index is 12.4. The van der Waals surface area contributed by atoms with E-state index >= 15 is 0 Å². The summed E-state index contributed by atoms with van der Waals surface area (Å²) >= 11 is 0. The van der Waals surface area contributed by atoms with Gasteiger partial charge in [0.1, 0.15) is 12.1 Å². The molecule has 3 rings (SSSR count). The van der Waals surface area contributed by atoms with E-state index in [1.165, 1.54) is 11.1 Å². The largest absolute Gasteiger partial charge is 0.331 e. The maximum atomic E-state index is 12.4. The van der Waals surface area contributed by atoms with Gasteiger partial charge in [0.25, 0.3) is 5.56 Å². The van der Waals surface area contributed by atoms with Crippen LogP contribution in [0.15, 0.2) is 53.3 Å². The predicted octanol–water partition coefficient (Wildman–Crippen LogP) is 4.14. The van der Waals surface area contributed by atoms with Crippen molar-refractivity contribution >= 4 is 10.9 Å². The molecule has 1 heterocycles. The molecular weight excluding hydrogens is 346 g/mol. The van der Waals surface area contributed by atoms with E-state index in [0.29, 0.717) is 23.3 Å². The molecular formula is C24H32N3O+. The number of hydrogen-bond acceptors (Lipinski definition) is 2. The summed E-state index contributed by atoms with van der Waals surface area (Å²) in [5, 5.41) is 2.95. The van der Waals surface area contributed by atoms with Crippen LogP contribution >= 0.6 is 0 Å². The lowest BCUT2D eigenvalue weighted by Crippen LogP contribution is -2.87. The van der Waals surface area contributed by atoms with E-state index in [2.05, 4.69) is 69.2 Å². The van der Waals surface area contributed by atoms with Crippen LogP contribution in [0.4, 0.5) is 0 Å². The van der Waals surface area contributed by atoms with Gasteiger partial charge in [-0.15, -0.1) is 0 Å². The standard InChI is InChI=1S/C24H31N3O/c1-15(2)14-18-10-12-19(13-11-18)22(16(3)4)25-17(5)23-26-21-9-7-6-8-20(21)24(28)27-23/h6-13,15-17,22,25H,14H2,1-5H3,(H,26,27,28)/p+1/t17-,22-/m1/s1. The summed E-state index contributed by atoms with van der Waals surface area (Å²) < 4.78 is 0. The molecule has 2 aromatic carbocycles. The molecule has 0 amide bonds. The van der Waals surface area contributed by atoms with Crippen molar-refractivity contribution < 1.29 is 5.32 Å². The van der Waals surface area contributed by atoms with Gasteiger partial charge in [-0.2, -0.15) is 0 Å². The summed E-state index contributed by atoms with van der Waals surface area (Å²) in [7, 11) is 0. The molecule has 0 spiro atoms. The molecule has 0 bridgehead atoms. The highest BCUT2D eigenvalue weighted by atomic mass is 16.1. The van der Waals surface area contributed by atoms with Gasteiger partial charge < -0.3 is 10.3 Å². The van der Waals surface area contributed by atoms with Gasteiger partial charge in [0.05, 0.1) is 10.9 Å². The number of quaternary nitrogens is 1. The van der Waals surface area contributed by atoms with Crippen LogP contribution in [0.3, 0.4) is 0 Å². The van der Waals surface area contributed by atoms with Gasteiger partial charge in [-0.25, -0.2) is 4.98 Å². The first kappa shape index (κ1) is 20.3. The minimum atomic E-state index is -0.0695. The Morgan fingerprint density at radius 3 is 2.29 bits per heavy atom. The van der Waals surface area contributed by atoms with Crippen LogP contribution in [0.1, 0.15) is 63.7 Å². The van der Waals surface area contributed by atoms with Gasteiger partial charge in [-0.1, -0.05) is 64.1 Å². The Morgan fingerprint density at radius 1 is 0.964 bits per heavy atom. The molecule has 2 atom stereocenters. The van der Waals surface area contributed by atoms with Crippen LogP contribution in [-0.4, -0.2) is 9.97 Å². The summed E-state index contributed by atoms with van der Waals surface area (Å²) in [6.45, 7) is 11.1. The number of aromatic nitrogens is 2. The highest BCUT2D eigenvalue weighted by Crippen LogP contribution is 2.21. The van der Waals surface area contributed by atoms with Gasteiger partial charge >= 0.3 is 0 Å². The quantitative estimate of drug-likeness (QED) is 0.649. The maximum Gasteiger partial charge on any atom is 0.258 e.